The standard InChI is InChI=1S/C18H15N5O2S/c24-16(25)14-10-15(13-6-8-19-9-7-13)23-17(20-14)21-18(22-23)26-11-12-4-2-1-3-5-12/h1-10,15H,11H2,(H,24,25)(H,20,21,22)/t15-/m0/s1. The van der Waals surface area contributed by atoms with Gasteiger partial charge in [0.25, 0.3) is 0 Å². The van der Waals surface area contributed by atoms with Crippen LogP contribution in [0.15, 0.2) is 71.8 Å². The van der Waals surface area contributed by atoms with Crippen LogP contribution in [0, 0.1) is 0 Å². The van der Waals surface area contributed by atoms with Gasteiger partial charge in [-0.1, -0.05) is 42.1 Å². The van der Waals surface area contributed by atoms with E-state index in [4.69, 9.17) is 0 Å². The molecule has 2 N–H and O–H groups in total. The fourth-order valence-electron chi connectivity index (χ4n) is 2.68. The molecule has 2 aromatic heterocycles. The third-order valence-electron chi connectivity index (χ3n) is 3.94. The van der Waals surface area contributed by atoms with Crippen molar-refractivity contribution >= 4 is 23.7 Å². The molecule has 0 amide bonds. The number of carboxylic acids is 1. The van der Waals surface area contributed by atoms with Gasteiger partial charge in [0.15, 0.2) is 0 Å². The number of anilines is 1. The quantitative estimate of drug-likeness (QED) is 0.672. The minimum atomic E-state index is -1.03. The van der Waals surface area contributed by atoms with E-state index in [9.17, 15) is 9.90 Å². The fraction of sp³-hybridized carbons (Fsp3) is 0.111. The van der Waals surface area contributed by atoms with Gasteiger partial charge in [-0.3, -0.25) is 4.98 Å². The number of nitrogens with one attached hydrogen (secondary N) is 1. The van der Waals surface area contributed by atoms with E-state index in [0.717, 1.165) is 11.3 Å². The number of carbonyl (C=O) groups is 1. The highest BCUT2D eigenvalue weighted by molar-refractivity contribution is 7.98. The second kappa shape index (κ2) is 7.01. The molecule has 0 bridgehead atoms. The summed E-state index contributed by atoms with van der Waals surface area (Å²) in [4.78, 5) is 19.9. The molecule has 130 valence electrons. The van der Waals surface area contributed by atoms with Gasteiger partial charge < -0.3 is 10.4 Å². The number of rotatable bonds is 5. The zero-order valence-electron chi connectivity index (χ0n) is 13.6. The maximum absolute atomic E-state index is 11.5. The summed E-state index contributed by atoms with van der Waals surface area (Å²) in [6.07, 6.45) is 4.98. The maximum atomic E-state index is 11.5. The first-order valence-electron chi connectivity index (χ1n) is 7.96. The summed E-state index contributed by atoms with van der Waals surface area (Å²) in [6, 6.07) is 13.4. The van der Waals surface area contributed by atoms with Gasteiger partial charge in [-0.2, -0.15) is 4.98 Å². The molecule has 3 heterocycles. The lowest BCUT2D eigenvalue weighted by Gasteiger charge is -2.22. The van der Waals surface area contributed by atoms with Crippen LogP contribution in [0.5, 0.6) is 0 Å². The summed E-state index contributed by atoms with van der Waals surface area (Å²) in [5.74, 6) is 0.128. The number of benzene rings is 1. The van der Waals surface area contributed by atoms with Crippen LogP contribution in [0.1, 0.15) is 17.2 Å². The molecule has 1 aliphatic heterocycles. The predicted octanol–water partition coefficient (Wildman–Crippen LogP) is 2.95. The lowest BCUT2D eigenvalue weighted by Crippen LogP contribution is -2.24. The topological polar surface area (TPSA) is 92.9 Å². The van der Waals surface area contributed by atoms with E-state index in [1.807, 2.05) is 42.5 Å². The first kappa shape index (κ1) is 16.3. The fourth-order valence-corrected chi connectivity index (χ4v) is 3.46. The smallest absolute Gasteiger partial charge is 0.352 e. The van der Waals surface area contributed by atoms with Crippen molar-refractivity contribution in [3.05, 3.63) is 77.8 Å². The molecular weight excluding hydrogens is 350 g/mol. The highest BCUT2D eigenvalue weighted by Crippen LogP contribution is 2.31. The Morgan fingerprint density at radius 3 is 2.69 bits per heavy atom. The summed E-state index contributed by atoms with van der Waals surface area (Å²) in [5, 5.41) is 17.4. The van der Waals surface area contributed by atoms with Crippen molar-refractivity contribution in [1.29, 1.82) is 0 Å². The van der Waals surface area contributed by atoms with E-state index in [0.29, 0.717) is 11.1 Å². The number of carboxylic acid groups (broad SMARTS) is 1. The number of thioether (sulfide) groups is 1. The Balaban J connectivity index is 1.63. The highest BCUT2D eigenvalue weighted by Gasteiger charge is 2.27. The van der Waals surface area contributed by atoms with Crippen molar-refractivity contribution in [3.63, 3.8) is 0 Å². The van der Waals surface area contributed by atoms with Crippen molar-refractivity contribution in [1.82, 2.24) is 19.7 Å². The first-order valence-corrected chi connectivity index (χ1v) is 8.94. The summed E-state index contributed by atoms with van der Waals surface area (Å²) in [5.41, 5.74) is 2.16. The van der Waals surface area contributed by atoms with Crippen LogP contribution in [0.25, 0.3) is 0 Å². The third-order valence-corrected chi connectivity index (χ3v) is 4.84. The Morgan fingerprint density at radius 1 is 1.19 bits per heavy atom. The molecule has 26 heavy (non-hydrogen) atoms. The molecule has 0 saturated heterocycles. The lowest BCUT2D eigenvalue weighted by molar-refractivity contribution is -0.132. The molecule has 3 aromatic rings. The van der Waals surface area contributed by atoms with Crippen LogP contribution in [0.3, 0.4) is 0 Å². The number of allylic oxidation sites excluding steroid dienone is 1. The Morgan fingerprint density at radius 2 is 1.96 bits per heavy atom. The summed E-state index contributed by atoms with van der Waals surface area (Å²) in [6.45, 7) is 0. The summed E-state index contributed by atoms with van der Waals surface area (Å²) in [7, 11) is 0. The second-order valence-corrected chi connectivity index (χ2v) is 6.62. The van der Waals surface area contributed by atoms with Crippen molar-refractivity contribution in [2.24, 2.45) is 0 Å². The molecule has 4 rings (SSSR count). The van der Waals surface area contributed by atoms with Gasteiger partial charge in [0.05, 0.1) is 0 Å². The van der Waals surface area contributed by atoms with Crippen molar-refractivity contribution in [2.75, 3.05) is 5.32 Å². The SMILES string of the molecule is O=C(O)C1=C[C@@H](c2ccncc2)n2nc(SCc3ccccc3)nc2N1. The monoisotopic (exact) mass is 365 g/mol. The van der Waals surface area contributed by atoms with Gasteiger partial charge in [0.1, 0.15) is 11.7 Å². The number of fused-ring (bicyclic) bond motifs is 1. The van der Waals surface area contributed by atoms with Crippen LogP contribution in [-0.2, 0) is 10.5 Å². The summed E-state index contributed by atoms with van der Waals surface area (Å²) >= 11 is 1.51. The molecule has 1 aromatic carbocycles. The number of aromatic nitrogens is 4. The predicted molar refractivity (Wildman–Crippen MR) is 97.7 cm³/mol. The average Bonchev–Trinajstić information content (AvgIpc) is 3.10. The van der Waals surface area contributed by atoms with E-state index < -0.39 is 5.97 Å². The van der Waals surface area contributed by atoms with E-state index in [-0.39, 0.29) is 11.7 Å². The number of hydrogen-bond donors (Lipinski definition) is 2. The Bertz CT molecular complexity index is 956. The maximum Gasteiger partial charge on any atom is 0.352 e. The van der Waals surface area contributed by atoms with Crippen LogP contribution in [0.4, 0.5) is 5.95 Å². The zero-order chi connectivity index (χ0) is 17.9. The largest absolute Gasteiger partial charge is 0.477 e. The molecule has 0 spiro atoms. The number of pyridine rings is 1. The van der Waals surface area contributed by atoms with Gasteiger partial charge in [-0.05, 0) is 29.3 Å². The van der Waals surface area contributed by atoms with Crippen molar-refractivity contribution < 1.29 is 9.90 Å². The molecule has 0 unspecified atom stereocenters. The molecule has 0 saturated carbocycles. The molecule has 7 nitrogen and oxygen atoms in total. The van der Waals surface area contributed by atoms with Gasteiger partial charge in [0, 0.05) is 18.1 Å². The molecule has 8 heteroatoms. The molecule has 0 fully saturated rings. The van der Waals surface area contributed by atoms with Gasteiger partial charge in [-0.15, -0.1) is 5.10 Å². The van der Waals surface area contributed by atoms with Crippen LogP contribution in [0.2, 0.25) is 0 Å². The normalized spacial score (nSPS) is 15.7. The average molecular weight is 365 g/mol. The van der Waals surface area contributed by atoms with Crippen LogP contribution < -0.4 is 5.32 Å². The molecule has 1 atom stereocenters. The van der Waals surface area contributed by atoms with Crippen molar-refractivity contribution in [3.8, 4) is 0 Å². The minimum absolute atomic E-state index is 0.0892. The number of aliphatic carboxylic acids is 1. The van der Waals surface area contributed by atoms with Crippen LogP contribution >= 0.6 is 11.8 Å². The lowest BCUT2D eigenvalue weighted by atomic mass is 10.1. The molecule has 0 radical (unpaired) electrons. The Hall–Kier alpha value is -3.13. The Labute approximate surface area is 153 Å². The summed E-state index contributed by atoms with van der Waals surface area (Å²) < 4.78 is 1.70. The first-order chi connectivity index (χ1) is 12.7. The Kier molecular flexibility index (Phi) is 4.40. The minimum Gasteiger partial charge on any atom is -0.477 e. The van der Waals surface area contributed by atoms with Gasteiger partial charge >= 0.3 is 5.97 Å². The van der Waals surface area contributed by atoms with Crippen LogP contribution in [-0.4, -0.2) is 30.8 Å². The van der Waals surface area contributed by atoms with E-state index in [1.165, 1.54) is 17.3 Å². The van der Waals surface area contributed by atoms with Gasteiger partial charge in [0.2, 0.25) is 11.1 Å². The van der Waals surface area contributed by atoms with Crippen molar-refractivity contribution in [2.45, 2.75) is 17.0 Å². The van der Waals surface area contributed by atoms with Gasteiger partial charge in [-0.25, -0.2) is 9.48 Å². The molecule has 0 aliphatic carbocycles. The highest BCUT2D eigenvalue weighted by atomic mass is 32.2. The second-order valence-electron chi connectivity index (χ2n) is 5.67. The van der Waals surface area contributed by atoms with E-state index in [2.05, 4.69) is 20.4 Å². The number of nitrogens with zero attached hydrogens (tertiary/aromatic N) is 4. The van der Waals surface area contributed by atoms with E-state index >= 15 is 0 Å². The third kappa shape index (κ3) is 3.31. The molecule has 1 aliphatic rings. The number of hydrogen-bond acceptors (Lipinski definition) is 6. The molecular formula is C18H15N5O2S. The zero-order valence-corrected chi connectivity index (χ0v) is 14.4. The van der Waals surface area contributed by atoms with E-state index in [1.54, 1.807) is 23.2 Å².